The number of hydrogen-bond donors (Lipinski definition) is 2. The van der Waals surface area contributed by atoms with Crippen molar-refractivity contribution in [3.63, 3.8) is 0 Å². The fourth-order valence-corrected chi connectivity index (χ4v) is 6.40. The van der Waals surface area contributed by atoms with Crippen molar-refractivity contribution in [3.05, 3.63) is 30.1 Å². The molecule has 0 aromatic heterocycles. The average molecular weight is 517 g/mol. The highest BCUT2D eigenvalue weighted by atomic mass is 35.5. The van der Waals surface area contributed by atoms with Crippen molar-refractivity contribution < 1.29 is 48.6 Å². The first-order valence-corrected chi connectivity index (χ1v) is 12.5. The van der Waals surface area contributed by atoms with Gasteiger partial charge in [0, 0.05) is 30.9 Å². The normalized spacial score (nSPS) is 33.7. The molecule has 1 saturated heterocycles. The smallest absolute Gasteiger partial charge is 0.353 e. The molecule has 2 aliphatic carbocycles. The third kappa shape index (κ3) is 5.13. The highest BCUT2D eigenvalue weighted by Gasteiger charge is 2.58. The summed E-state index contributed by atoms with van der Waals surface area (Å²) in [5.41, 5.74) is -0.0536. The summed E-state index contributed by atoms with van der Waals surface area (Å²) in [6, 6.07) is 6.09. The van der Waals surface area contributed by atoms with E-state index in [1.807, 2.05) is 5.32 Å². The number of urea groups is 1. The fourth-order valence-electron chi connectivity index (χ4n) is 6.40. The largest absolute Gasteiger partial charge is 1.00 e. The van der Waals surface area contributed by atoms with Gasteiger partial charge in [-0.25, -0.2) is 13.6 Å². The van der Waals surface area contributed by atoms with Crippen LogP contribution >= 0.6 is 0 Å². The molecule has 190 valence electrons. The van der Waals surface area contributed by atoms with Gasteiger partial charge in [-0.15, -0.1) is 4.99 Å². The van der Waals surface area contributed by atoms with E-state index in [0.717, 1.165) is 50.4 Å². The third-order valence-electron chi connectivity index (χ3n) is 8.46. The number of quaternary nitrogens is 2. The predicted molar refractivity (Wildman–Crippen MR) is 120 cm³/mol. The number of piperidine rings is 1. The van der Waals surface area contributed by atoms with E-state index in [0.29, 0.717) is 18.2 Å². The fraction of sp³-hybridized carbons (Fsp3) is 0.680. The van der Waals surface area contributed by atoms with Gasteiger partial charge in [-0.05, 0) is 50.8 Å². The lowest BCUT2D eigenvalue weighted by molar-refractivity contribution is -0.933. The highest BCUT2D eigenvalue weighted by Crippen LogP contribution is 2.37. The molecule has 3 N–H and O–H groups in total. The van der Waals surface area contributed by atoms with Crippen LogP contribution in [-0.2, 0) is 0 Å². The van der Waals surface area contributed by atoms with Crippen molar-refractivity contribution in [1.29, 1.82) is 0 Å². The number of alkyl halides is 1. The molecule has 2 amide bonds. The monoisotopic (exact) mass is 516 g/mol. The van der Waals surface area contributed by atoms with E-state index in [4.69, 9.17) is 0 Å². The molecule has 5 atom stereocenters. The van der Waals surface area contributed by atoms with Gasteiger partial charge in [-0.1, -0.05) is 18.9 Å². The Balaban J connectivity index is 0.00000162. The maximum absolute atomic E-state index is 14.7. The number of likely N-dealkylation sites (tertiary alicyclic amines) is 1. The van der Waals surface area contributed by atoms with Gasteiger partial charge in [-0.3, -0.25) is 10.2 Å². The van der Waals surface area contributed by atoms with Crippen molar-refractivity contribution in [3.8, 4) is 0 Å². The van der Waals surface area contributed by atoms with Crippen LogP contribution in [0, 0.1) is 11.7 Å². The number of aliphatic imine (C=N–C) groups is 1. The van der Waals surface area contributed by atoms with E-state index in [1.54, 1.807) is 21.9 Å². The van der Waals surface area contributed by atoms with Crippen LogP contribution in [0.1, 0.15) is 64.7 Å². The van der Waals surface area contributed by atoms with Crippen LogP contribution in [0.2, 0.25) is 0 Å². The standard InChI is InChI=1S/C25H34F2N4O.2ClH/c1-17-15-25(12-13-30(17)16-18-6-4-7-18)23(28-22-11-3-2-10-21(22)27)29-24(32)31(25)20-9-5-8-19(26)14-20;;/h5,8-9,14,17-18,21-22H,2-4,6-7,10-13,15-16H2,1H3,(H,28,29,32);2*1H/t17-,21-,22-,25+;;/m0../s1. The number of nitrogens with one attached hydrogen (secondary N) is 1. The number of nitrogens with two attached hydrogens (primary N) is 1. The first kappa shape index (κ1) is 27.3. The number of halogens is 4. The lowest BCUT2D eigenvalue weighted by Crippen LogP contribution is -3.18. The predicted octanol–water partition coefficient (Wildman–Crippen LogP) is -3.38. The second-order valence-corrected chi connectivity index (χ2v) is 10.5. The highest BCUT2D eigenvalue weighted by molar-refractivity contribution is 6.13. The van der Waals surface area contributed by atoms with Gasteiger partial charge in [0.1, 0.15) is 11.9 Å². The Morgan fingerprint density at radius 3 is 2.59 bits per heavy atom. The first-order valence-electron chi connectivity index (χ1n) is 12.5. The minimum atomic E-state index is -0.872. The number of amides is 2. The second-order valence-electron chi connectivity index (χ2n) is 10.5. The first-order chi connectivity index (χ1) is 15.5. The molecule has 2 aliphatic heterocycles. The maximum Gasteiger partial charge on any atom is 0.353 e. The number of amidine groups is 1. The Bertz CT molecular complexity index is 899. The summed E-state index contributed by atoms with van der Waals surface area (Å²) in [7, 11) is 0. The number of hydrogen-bond acceptors (Lipinski definition) is 1. The molecular weight excluding hydrogens is 481 g/mol. The van der Waals surface area contributed by atoms with Crippen LogP contribution < -0.4 is 39.9 Å². The molecule has 34 heavy (non-hydrogen) atoms. The van der Waals surface area contributed by atoms with Gasteiger partial charge in [0.15, 0.2) is 11.7 Å². The second kappa shape index (κ2) is 11.2. The van der Waals surface area contributed by atoms with Crippen molar-refractivity contribution in [2.24, 2.45) is 10.9 Å². The average Bonchev–Trinajstić information content (AvgIpc) is 2.98. The van der Waals surface area contributed by atoms with Crippen molar-refractivity contribution >= 4 is 17.6 Å². The summed E-state index contributed by atoms with van der Waals surface area (Å²) in [6.07, 6.45) is 8.01. The van der Waals surface area contributed by atoms with E-state index >= 15 is 0 Å². The summed E-state index contributed by atoms with van der Waals surface area (Å²) in [4.78, 5) is 21.0. The van der Waals surface area contributed by atoms with Crippen molar-refractivity contribution in [2.75, 3.05) is 18.0 Å². The molecule has 5 rings (SSSR count). The molecule has 5 nitrogen and oxygen atoms in total. The van der Waals surface area contributed by atoms with E-state index in [-0.39, 0.29) is 42.7 Å². The van der Waals surface area contributed by atoms with Crippen LogP contribution in [0.3, 0.4) is 0 Å². The topological polar surface area (TPSA) is 53.7 Å². The Morgan fingerprint density at radius 2 is 1.94 bits per heavy atom. The van der Waals surface area contributed by atoms with Gasteiger partial charge >= 0.3 is 6.03 Å². The zero-order valence-corrected chi connectivity index (χ0v) is 21.3. The summed E-state index contributed by atoms with van der Waals surface area (Å²) in [5, 5.41) is 1.96. The van der Waals surface area contributed by atoms with Gasteiger partial charge < -0.3 is 29.7 Å². The number of anilines is 1. The quantitative estimate of drug-likeness (QED) is 0.431. The number of carbonyl (C=O) groups is 1. The zero-order chi connectivity index (χ0) is 22.3. The molecule has 1 spiro atoms. The Labute approximate surface area is 213 Å². The maximum atomic E-state index is 14.7. The van der Waals surface area contributed by atoms with Gasteiger partial charge in [0.25, 0.3) is 0 Å². The number of benzene rings is 1. The Kier molecular flexibility index (Phi) is 8.99. The SMILES string of the molecule is C[C@H]1C[C@]2(CC[NH+]1CC1CCC1)C([NH2+][C@H]1CCCC[C@@H]1F)=NC(=O)N2c1cccc(F)c1.[Cl-].[Cl-]. The van der Waals surface area contributed by atoms with Crippen molar-refractivity contribution in [2.45, 2.75) is 88.5 Å². The molecule has 1 unspecified atom stereocenters. The molecule has 0 bridgehead atoms. The van der Waals surface area contributed by atoms with E-state index in [2.05, 4.69) is 11.9 Å². The van der Waals surface area contributed by atoms with Crippen molar-refractivity contribution in [1.82, 2.24) is 0 Å². The number of rotatable bonds is 4. The lowest BCUT2D eigenvalue weighted by atomic mass is 9.78. The Morgan fingerprint density at radius 1 is 1.18 bits per heavy atom. The van der Waals surface area contributed by atoms with Crippen LogP contribution in [0.15, 0.2) is 29.3 Å². The van der Waals surface area contributed by atoms with Gasteiger partial charge in [0.2, 0.25) is 5.84 Å². The molecule has 4 aliphatic rings. The van der Waals surface area contributed by atoms with E-state index in [9.17, 15) is 13.6 Å². The minimum Gasteiger partial charge on any atom is -1.00 e. The zero-order valence-electron chi connectivity index (χ0n) is 19.8. The number of carbonyl (C=O) groups excluding carboxylic acids is 1. The molecular formula is C25H36Cl2F2N4O. The molecule has 3 fully saturated rings. The molecule has 1 aromatic carbocycles. The molecule has 2 saturated carbocycles. The summed E-state index contributed by atoms with van der Waals surface area (Å²) < 4.78 is 28.8. The lowest BCUT2D eigenvalue weighted by Gasteiger charge is -2.46. The molecule has 0 radical (unpaired) electrons. The van der Waals surface area contributed by atoms with E-state index < -0.39 is 11.7 Å². The van der Waals surface area contributed by atoms with E-state index in [1.165, 1.54) is 37.9 Å². The van der Waals surface area contributed by atoms with Crippen LogP contribution in [-0.4, -0.2) is 48.8 Å². The third-order valence-corrected chi connectivity index (χ3v) is 8.46. The summed E-state index contributed by atoms with van der Waals surface area (Å²) in [6.45, 7) is 4.40. The molecule has 2 heterocycles. The van der Waals surface area contributed by atoms with Crippen LogP contribution in [0.5, 0.6) is 0 Å². The van der Waals surface area contributed by atoms with Gasteiger partial charge in [0.05, 0.1) is 19.1 Å². The molecule has 1 aromatic rings. The van der Waals surface area contributed by atoms with Gasteiger partial charge in [-0.2, -0.15) is 0 Å². The number of nitrogens with zero attached hydrogens (tertiary/aromatic N) is 2. The minimum absolute atomic E-state index is 0. The summed E-state index contributed by atoms with van der Waals surface area (Å²) in [5.74, 6) is 1.18. The van der Waals surface area contributed by atoms with Crippen LogP contribution in [0.25, 0.3) is 0 Å². The van der Waals surface area contributed by atoms with Crippen LogP contribution in [0.4, 0.5) is 19.3 Å². The molecule has 9 heteroatoms. The summed E-state index contributed by atoms with van der Waals surface area (Å²) >= 11 is 0. The Hall–Kier alpha value is -1.28.